The lowest BCUT2D eigenvalue weighted by molar-refractivity contribution is -0.137. The van der Waals surface area contributed by atoms with Crippen molar-refractivity contribution in [3.63, 3.8) is 0 Å². The number of pyridine rings is 1. The molecule has 0 bridgehead atoms. The van der Waals surface area contributed by atoms with E-state index in [9.17, 15) is 13.2 Å². The van der Waals surface area contributed by atoms with Gasteiger partial charge in [0.15, 0.2) is 5.11 Å². The molecule has 1 aliphatic rings. The Kier molecular flexibility index (Phi) is 5.75. The molecule has 1 aliphatic heterocycles. The third-order valence-corrected chi connectivity index (χ3v) is 5.65. The number of rotatable bonds is 5. The maximum Gasteiger partial charge on any atom is 0.416 e. The second-order valence-electron chi connectivity index (χ2n) is 8.02. The van der Waals surface area contributed by atoms with Gasteiger partial charge in [-0.1, -0.05) is 26.0 Å². The van der Waals surface area contributed by atoms with Crippen molar-refractivity contribution < 1.29 is 13.2 Å². The molecular weight excluding hydrogens is 421 g/mol. The number of halogens is 3. The van der Waals surface area contributed by atoms with Gasteiger partial charge in [-0.2, -0.15) is 13.2 Å². The molecule has 0 radical (unpaired) electrons. The van der Waals surface area contributed by atoms with E-state index < -0.39 is 11.7 Å². The molecule has 2 atom stereocenters. The quantitative estimate of drug-likeness (QED) is 0.526. The fourth-order valence-corrected chi connectivity index (χ4v) is 4.33. The van der Waals surface area contributed by atoms with Gasteiger partial charge in [-0.05, 0) is 60.6 Å². The molecule has 4 rings (SSSR count). The van der Waals surface area contributed by atoms with Gasteiger partial charge < -0.3 is 14.8 Å². The summed E-state index contributed by atoms with van der Waals surface area (Å²) in [6.45, 7) is 4.94. The van der Waals surface area contributed by atoms with Gasteiger partial charge in [-0.3, -0.25) is 4.98 Å². The van der Waals surface area contributed by atoms with Crippen molar-refractivity contribution in [3.05, 3.63) is 83.9 Å². The maximum atomic E-state index is 13.3. The van der Waals surface area contributed by atoms with Gasteiger partial charge in [0.1, 0.15) is 0 Å². The van der Waals surface area contributed by atoms with Crippen molar-refractivity contribution in [2.45, 2.75) is 32.1 Å². The zero-order valence-electron chi connectivity index (χ0n) is 17.2. The Balaban J connectivity index is 1.81. The standard InChI is InChI=1S/C23H23F3N4S/c1-15(2)14-30-21(20(28-22(30)31)18-9-3-4-11-27-18)19-10-6-12-29(19)17-8-5-7-16(13-17)23(24,25)26/h3-13,15,20-21H,14H2,1-2H3,(H,28,31). The summed E-state index contributed by atoms with van der Waals surface area (Å²) in [6, 6.07) is 14.4. The molecule has 1 aromatic carbocycles. The summed E-state index contributed by atoms with van der Waals surface area (Å²) in [5, 5.41) is 4.00. The van der Waals surface area contributed by atoms with Crippen molar-refractivity contribution in [1.82, 2.24) is 19.8 Å². The predicted molar refractivity (Wildman–Crippen MR) is 118 cm³/mol. The van der Waals surface area contributed by atoms with Crippen LogP contribution in [0.3, 0.4) is 0 Å². The number of alkyl halides is 3. The monoisotopic (exact) mass is 444 g/mol. The van der Waals surface area contributed by atoms with E-state index in [1.54, 1.807) is 23.0 Å². The molecule has 0 spiro atoms. The number of nitrogens with one attached hydrogen (secondary N) is 1. The van der Waals surface area contributed by atoms with Gasteiger partial charge in [0.05, 0.1) is 23.3 Å². The number of hydrogen-bond acceptors (Lipinski definition) is 2. The summed E-state index contributed by atoms with van der Waals surface area (Å²) in [4.78, 5) is 6.62. The van der Waals surface area contributed by atoms with Crippen LogP contribution in [0.5, 0.6) is 0 Å². The Morgan fingerprint density at radius 3 is 2.58 bits per heavy atom. The van der Waals surface area contributed by atoms with Crippen LogP contribution in [-0.2, 0) is 6.18 Å². The minimum atomic E-state index is -4.40. The molecule has 1 saturated heterocycles. The van der Waals surface area contributed by atoms with Crippen LogP contribution < -0.4 is 5.32 Å². The highest BCUT2D eigenvalue weighted by atomic mass is 32.1. The van der Waals surface area contributed by atoms with E-state index in [1.165, 1.54) is 12.1 Å². The molecule has 3 aromatic rings. The first-order valence-corrected chi connectivity index (χ1v) is 10.5. The van der Waals surface area contributed by atoms with Crippen LogP contribution in [0, 0.1) is 5.92 Å². The fraction of sp³-hybridized carbons (Fsp3) is 0.304. The molecule has 31 heavy (non-hydrogen) atoms. The van der Waals surface area contributed by atoms with Crippen LogP contribution in [0.2, 0.25) is 0 Å². The van der Waals surface area contributed by atoms with E-state index in [0.29, 0.717) is 23.3 Å². The second-order valence-corrected chi connectivity index (χ2v) is 8.41. The van der Waals surface area contributed by atoms with Crippen molar-refractivity contribution in [1.29, 1.82) is 0 Å². The average molecular weight is 445 g/mol. The molecule has 0 saturated carbocycles. The van der Waals surface area contributed by atoms with Crippen LogP contribution >= 0.6 is 12.2 Å². The molecule has 8 heteroatoms. The first-order valence-electron chi connectivity index (χ1n) is 10.1. The van der Waals surface area contributed by atoms with Gasteiger partial charge in [-0.25, -0.2) is 0 Å². The second kappa shape index (κ2) is 8.34. The Bertz CT molecular complexity index is 1060. The minimum absolute atomic E-state index is 0.214. The van der Waals surface area contributed by atoms with Crippen molar-refractivity contribution in [2.24, 2.45) is 5.92 Å². The molecule has 1 fully saturated rings. The molecule has 0 amide bonds. The summed E-state index contributed by atoms with van der Waals surface area (Å²) in [6.07, 6.45) is -0.886. The minimum Gasteiger partial charge on any atom is -0.352 e. The summed E-state index contributed by atoms with van der Waals surface area (Å²) >= 11 is 5.65. The van der Waals surface area contributed by atoms with Crippen LogP contribution in [-0.4, -0.2) is 26.1 Å². The van der Waals surface area contributed by atoms with Crippen LogP contribution in [0.4, 0.5) is 13.2 Å². The van der Waals surface area contributed by atoms with Crippen molar-refractivity contribution >= 4 is 17.3 Å². The first kappa shape index (κ1) is 21.4. The normalized spacial score (nSPS) is 19.2. The molecule has 1 N–H and O–H groups in total. The van der Waals surface area contributed by atoms with E-state index in [-0.39, 0.29) is 12.1 Å². The van der Waals surface area contributed by atoms with Gasteiger partial charge in [0.25, 0.3) is 0 Å². The number of thiocarbonyl (C=S) groups is 1. The Morgan fingerprint density at radius 1 is 1.10 bits per heavy atom. The lowest BCUT2D eigenvalue weighted by Crippen LogP contribution is -2.33. The van der Waals surface area contributed by atoms with Crippen LogP contribution in [0.25, 0.3) is 5.69 Å². The van der Waals surface area contributed by atoms with Crippen molar-refractivity contribution in [2.75, 3.05) is 6.54 Å². The topological polar surface area (TPSA) is 33.1 Å². The van der Waals surface area contributed by atoms with E-state index >= 15 is 0 Å². The van der Waals surface area contributed by atoms with Gasteiger partial charge in [0.2, 0.25) is 0 Å². The maximum absolute atomic E-state index is 13.3. The smallest absolute Gasteiger partial charge is 0.352 e. The highest BCUT2D eigenvalue weighted by Crippen LogP contribution is 2.40. The van der Waals surface area contributed by atoms with Crippen molar-refractivity contribution in [3.8, 4) is 5.69 Å². The zero-order chi connectivity index (χ0) is 22.2. The molecule has 2 aromatic heterocycles. The number of aromatic nitrogens is 2. The summed E-state index contributed by atoms with van der Waals surface area (Å²) in [5.41, 5.74) is 1.46. The highest BCUT2D eigenvalue weighted by Gasteiger charge is 2.41. The van der Waals surface area contributed by atoms with E-state index in [0.717, 1.165) is 17.5 Å². The van der Waals surface area contributed by atoms with Gasteiger partial charge in [-0.15, -0.1) is 0 Å². The van der Waals surface area contributed by atoms with E-state index in [2.05, 4.69) is 29.0 Å². The molecular formula is C23H23F3N4S. The third kappa shape index (κ3) is 4.30. The van der Waals surface area contributed by atoms with Crippen LogP contribution in [0.1, 0.15) is 42.9 Å². The number of nitrogens with zero attached hydrogens (tertiary/aromatic N) is 3. The first-order chi connectivity index (χ1) is 14.8. The summed E-state index contributed by atoms with van der Waals surface area (Å²) in [7, 11) is 0. The Morgan fingerprint density at radius 2 is 1.90 bits per heavy atom. The molecule has 162 valence electrons. The van der Waals surface area contributed by atoms with Crippen LogP contribution in [0.15, 0.2) is 67.0 Å². The highest BCUT2D eigenvalue weighted by molar-refractivity contribution is 7.80. The average Bonchev–Trinajstić information content (AvgIpc) is 3.33. The summed E-state index contributed by atoms with van der Waals surface area (Å²) < 4.78 is 41.7. The zero-order valence-corrected chi connectivity index (χ0v) is 18.0. The predicted octanol–water partition coefficient (Wildman–Crippen LogP) is 5.52. The fourth-order valence-electron chi connectivity index (χ4n) is 4.02. The molecule has 2 unspecified atom stereocenters. The lowest BCUT2D eigenvalue weighted by Gasteiger charge is -2.30. The van der Waals surface area contributed by atoms with E-state index in [1.807, 2.05) is 30.3 Å². The molecule has 4 nitrogen and oxygen atoms in total. The Labute approximate surface area is 184 Å². The molecule has 3 heterocycles. The Hall–Kier alpha value is -2.87. The number of hydrogen-bond donors (Lipinski definition) is 1. The molecule has 0 aliphatic carbocycles. The summed E-state index contributed by atoms with van der Waals surface area (Å²) in [5.74, 6) is 0.349. The third-order valence-electron chi connectivity index (χ3n) is 5.29. The van der Waals surface area contributed by atoms with Gasteiger partial charge >= 0.3 is 6.18 Å². The number of benzene rings is 1. The SMILES string of the molecule is CC(C)CN1C(=S)NC(c2ccccn2)C1c1cccn1-c1cccc(C(F)(F)F)c1. The van der Waals surface area contributed by atoms with E-state index in [4.69, 9.17) is 12.2 Å². The largest absolute Gasteiger partial charge is 0.416 e. The van der Waals surface area contributed by atoms with Gasteiger partial charge in [0, 0.05) is 30.3 Å². The lowest BCUT2D eigenvalue weighted by atomic mass is 10.0.